The van der Waals surface area contributed by atoms with E-state index in [4.69, 9.17) is 11.6 Å². The molecule has 1 aliphatic carbocycles. The summed E-state index contributed by atoms with van der Waals surface area (Å²) in [4.78, 5) is 8.66. The number of H-pyrrole nitrogens is 1. The Morgan fingerprint density at radius 1 is 1.29 bits per heavy atom. The number of rotatable bonds is 2. The number of nitrogens with one attached hydrogen (secondary N) is 2. The molecule has 106 valence electrons. The Bertz CT molecular complexity index is 798. The largest absolute Gasteiger partial charge is 0.366 e. The van der Waals surface area contributed by atoms with Gasteiger partial charge in [-0.1, -0.05) is 11.6 Å². The molecule has 6 heteroatoms. The van der Waals surface area contributed by atoms with Gasteiger partial charge in [-0.05, 0) is 43.0 Å². The summed E-state index contributed by atoms with van der Waals surface area (Å²) >= 11 is 6.09. The first-order chi connectivity index (χ1) is 10.3. The van der Waals surface area contributed by atoms with Crippen LogP contribution in [0.1, 0.15) is 17.7 Å². The van der Waals surface area contributed by atoms with E-state index >= 15 is 0 Å². The van der Waals surface area contributed by atoms with Gasteiger partial charge in [-0.2, -0.15) is 5.10 Å². The van der Waals surface area contributed by atoms with Gasteiger partial charge in [0.05, 0.1) is 11.2 Å². The summed E-state index contributed by atoms with van der Waals surface area (Å²) in [6.07, 6.45) is 6.56. The molecule has 0 spiro atoms. The minimum absolute atomic E-state index is 0.354. The highest BCUT2D eigenvalue weighted by molar-refractivity contribution is 6.31. The Morgan fingerprint density at radius 3 is 3.19 bits per heavy atom. The number of hydrogen-bond acceptors (Lipinski definition) is 4. The Kier molecular flexibility index (Phi) is 3.00. The van der Waals surface area contributed by atoms with Gasteiger partial charge in [-0.3, -0.25) is 5.10 Å². The fourth-order valence-electron chi connectivity index (χ4n) is 2.88. The van der Waals surface area contributed by atoms with E-state index < -0.39 is 0 Å². The van der Waals surface area contributed by atoms with Crippen LogP contribution in [0.15, 0.2) is 30.7 Å². The topological polar surface area (TPSA) is 66.5 Å². The van der Waals surface area contributed by atoms with Crippen LogP contribution in [0.2, 0.25) is 5.02 Å². The molecule has 3 aromatic rings. The summed E-state index contributed by atoms with van der Waals surface area (Å²) in [5.41, 5.74) is 3.37. The van der Waals surface area contributed by atoms with E-state index in [1.165, 1.54) is 11.3 Å². The van der Waals surface area contributed by atoms with Crippen molar-refractivity contribution in [1.29, 1.82) is 0 Å². The number of benzene rings is 1. The molecule has 5 nitrogen and oxygen atoms in total. The van der Waals surface area contributed by atoms with E-state index in [1.54, 1.807) is 6.33 Å². The van der Waals surface area contributed by atoms with E-state index in [-0.39, 0.29) is 0 Å². The predicted octanol–water partition coefficient (Wildman–Crippen LogP) is 2.98. The number of aromatic amines is 1. The molecular formula is C15H14ClN5. The summed E-state index contributed by atoms with van der Waals surface area (Å²) in [5, 5.41) is 12.4. The van der Waals surface area contributed by atoms with Crippen molar-refractivity contribution < 1.29 is 0 Å². The van der Waals surface area contributed by atoms with Crippen molar-refractivity contribution in [2.45, 2.75) is 25.3 Å². The lowest BCUT2D eigenvalue weighted by Gasteiger charge is -2.23. The van der Waals surface area contributed by atoms with E-state index in [2.05, 4.69) is 25.5 Å². The van der Waals surface area contributed by atoms with Gasteiger partial charge in [-0.25, -0.2) is 9.97 Å². The van der Waals surface area contributed by atoms with Gasteiger partial charge in [0.25, 0.3) is 0 Å². The summed E-state index contributed by atoms with van der Waals surface area (Å²) in [7, 11) is 0. The SMILES string of the molecule is Clc1ccc2ncnc(NC3CCc4n[nH]cc4C3)c2c1. The first-order valence-corrected chi connectivity index (χ1v) is 7.36. The lowest BCUT2D eigenvalue weighted by molar-refractivity contribution is 0.603. The van der Waals surface area contributed by atoms with Crippen LogP contribution in [0.3, 0.4) is 0 Å². The van der Waals surface area contributed by atoms with Crippen LogP contribution in [-0.4, -0.2) is 26.2 Å². The summed E-state index contributed by atoms with van der Waals surface area (Å²) < 4.78 is 0. The van der Waals surface area contributed by atoms with Gasteiger partial charge in [0.15, 0.2) is 0 Å². The van der Waals surface area contributed by atoms with Crippen LogP contribution in [0.5, 0.6) is 0 Å². The van der Waals surface area contributed by atoms with E-state index in [0.717, 1.165) is 36.0 Å². The third kappa shape index (κ3) is 2.34. The summed E-state index contributed by atoms with van der Waals surface area (Å²) in [6.45, 7) is 0. The lowest BCUT2D eigenvalue weighted by atomic mass is 9.93. The highest BCUT2D eigenvalue weighted by Gasteiger charge is 2.21. The molecule has 0 saturated carbocycles. The average molecular weight is 300 g/mol. The Labute approximate surface area is 126 Å². The third-order valence-electron chi connectivity index (χ3n) is 3.94. The summed E-state index contributed by atoms with van der Waals surface area (Å²) in [6, 6.07) is 6.02. The predicted molar refractivity (Wildman–Crippen MR) is 82.6 cm³/mol. The maximum absolute atomic E-state index is 6.09. The van der Waals surface area contributed by atoms with Crippen LogP contribution < -0.4 is 5.32 Å². The number of halogens is 1. The average Bonchev–Trinajstić information content (AvgIpc) is 2.95. The van der Waals surface area contributed by atoms with Gasteiger partial charge in [0.2, 0.25) is 0 Å². The molecule has 2 heterocycles. The molecule has 0 amide bonds. The quantitative estimate of drug-likeness (QED) is 0.763. The molecule has 0 fully saturated rings. The summed E-state index contributed by atoms with van der Waals surface area (Å²) in [5.74, 6) is 0.847. The van der Waals surface area contributed by atoms with Crippen molar-refractivity contribution in [1.82, 2.24) is 20.2 Å². The molecule has 0 radical (unpaired) electrons. The fourth-order valence-corrected chi connectivity index (χ4v) is 3.05. The number of hydrogen-bond donors (Lipinski definition) is 2. The van der Waals surface area contributed by atoms with E-state index in [1.807, 2.05) is 24.4 Å². The molecule has 0 aliphatic heterocycles. The molecule has 2 N–H and O–H groups in total. The van der Waals surface area contributed by atoms with Crippen LogP contribution >= 0.6 is 11.6 Å². The second-order valence-electron chi connectivity index (χ2n) is 5.32. The van der Waals surface area contributed by atoms with Crippen LogP contribution in [0, 0.1) is 0 Å². The lowest BCUT2D eigenvalue weighted by Crippen LogP contribution is -2.27. The standard InChI is InChI=1S/C15H14ClN5/c16-10-1-3-14-12(6-10)15(18-8-17-14)20-11-2-4-13-9(5-11)7-19-21-13/h1,3,6-8,11H,2,4-5H2,(H,19,21)(H,17,18,20). The molecule has 1 atom stereocenters. The van der Waals surface area contributed by atoms with Crippen molar-refractivity contribution in [2.24, 2.45) is 0 Å². The van der Waals surface area contributed by atoms with Gasteiger partial charge in [0.1, 0.15) is 12.1 Å². The van der Waals surface area contributed by atoms with E-state index in [9.17, 15) is 0 Å². The number of aromatic nitrogens is 4. The molecular weight excluding hydrogens is 286 g/mol. The first kappa shape index (κ1) is 12.6. The second-order valence-corrected chi connectivity index (χ2v) is 5.76. The molecule has 21 heavy (non-hydrogen) atoms. The zero-order valence-electron chi connectivity index (χ0n) is 11.3. The maximum atomic E-state index is 6.09. The Morgan fingerprint density at radius 2 is 2.24 bits per heavy atom. The number of nitrogens with zero attached hydrogens (tertiary/aromatic N) is 3. The Hall–Kier alpha value is -2.14. The third-order valence-corrected chi connectivity index (χ3v) is 4.18. The fraction of sp³-hybridized carbons (Fsp3) is 0.267. The molecule has 1 unspecified atom stereocenters. The Balaban J connectivity index is 1.64. The van der Waals surface area contributed by atoms with Crippen molar-refractivity contribution >= 4 is 28.3 Å². The second kappa shape index (κ2) is 5.00. The van der Waals surface area contributed by atoms with Gasteiger partial charge in [-0.15, -0.1) is 0 Å². The van der Waals surface area contributed by atoms with Crippen molar-refractivity contribution in [2.75, 3.05) is 5.32 Å². The molecule has 1 aliphatic rings. The zero-order chi connectivity index (χ0) is 14.2. The van der Waals surface area contributed by atoms with Crippen molar-refractivity contribution in [3.63, 3.8) is 0 Å². The zero-order valence-corrected chi connectivity index (χ0v) is 12.1. The molecule has 0 saturated heterocycles. The molecule has 0 bridgehead atoms. The van der Waals surface area contributed by atoms with Crippen LogP contribution in [0.4, 0.5) is 5.82 Å². The van der Waals surface area contributed by atoms with Gasteiger partial charge >= 0.3 is 0 Å². The number of aryl methyl sites for hydroxylation is 1. The minimum atomic E-state index is 0.354. The highest BCUT2D eigenvalue weighted by Crippen LogP contribution is 2.26. The smallest absolute Gasteiger partial charge is 0.137 e. The molecule has 1 aromatic carbocycles. The van der Waals surface area contributed by atoms with Crippen molar-refractivity contribution in [3.05, 3.63) is 47.0 Å². The van der Waals surface area contributed by atoms with Crippen molar-refractivity contribution in [3.8, 4) is 0 Å². The highest BCUT2D eigenvalue weighted by atomic mass is 35.5. The van der Waals surface area contributed by atoms with Gasteiger partial charge in [0, 0.05) is 22.6 Å². The minimum Gasteiger partial charge on any atom is -0.366 e. The normalized spacial score (nSPS) is 17.7. The van der Waals surface area contributed by atoms with Crippen LogP contribution in [0.25, 0.3) is 10.9 Å². The number of fused-ring (bicyclic) bond motifs is 2. The van der Waals surface area contributed by atoms with E-state index in [0.29, 0.717) is 11.1 Å². The monoisotopic (exact) mass is 299 g/mol. The maximum Gasteiger partial charge on any atom is 0.137 e. The van der Waals surface area contributed by atoms with Gasteiger partial charge < -0.3 is 5.32 Å². The van der Waals surface area contributed by atoms with Crippen LogP contribution in [-0.2, 0) is 12.8 Å². The number of anilines is 1. The molecule has 4 rings (SSSR count). The first-order valence-electron chi connectivity index (χ1n) is 6.98. The molecule has 2 aromatic heterocycles.